The van der Waals surface area contributed by atoms with Crippen molar-refractivity contribution in [1.82, 2.24) is 9.21 Å². The Bertz CT molecular complexity index is 881. The number of benzene rings is 1. The number of nitrogens with one attached hydrogen (secondary N) is 1. The van der Waals surface area contributed by atoms with Crippen molar-refractivity contribution in [2.24, 2.45) is 0 Å². The van der Waals surface area contributed by atoms with E-state index >= 15 is 0 Å². The number of likely N-dealkylation sites (N-methyl/N-ethyl adjacent to an activating group) is 1. The van der Waals surface area contributed by atoms with Crippen molar-refractivity contribution in [3.8, 4) is 0 Å². The van der Waals surface area contributed by atoms with Gasteiger partial charge in [-0.2, -0.15) is 4.31 Å². The molecule has 2 rings (SSSR count). The van der Waals surface area contributed by atoms with Crippen LogP contribution in [0.3, 0.4) is 0 Å². The fourth-order valence-corrected chi connectivity index (χ4v) is 6.90. The van der Waals surface area contributed by atoms with Gasteiger partial charge in [-0.05, 0) is 37.7 Å². The maximum Gasteiger partial charge on any atom is 0.243 e. The first-order chi connectivity index (χ1) is 19.4. The molecule has 1 saturated heterocycles. The Kier molecular flexibility index (Phi) is 18.5. The molecule has 1 amide bonds. The molecule has 230 valence electrons. The number of carbonyl (C=O) groups excluding carboxylic acids is 1. The van der Waals surface area contributed by atoms with Crippen LogP contribution in [0.2, 0.25) is 0 Å². The van der Waals surface area contributed by atoms with Gasteiger partial charge in [0, 0.05) is 38.3 Å². The molecular weight excluding hydrogens is 518 g/mol. The first-order valence-corrected chi connectivity index (χ1v) is 18.0. The number of anilines is 1. The molecule has 0 unspecified atom stereocenters. The maximum atomic E-state index is 12.8. The quantitative estimate of drug-likeness (QED) is 0.133. The lowest BCUT2D eigenvalue weighted by atomic mass is 10.0. The fourth-order valence-electron chi connectivity index (χ4n) is 5.48. The van der Waals surface area contributed by atoms with Gasteiger partial charge in [0.2, 0.25) is 15.9 Å². The lowest BCUT2D eigenvalue weighted by Crippen LogP contribution is -2.46. The molecule has 0 aromatic heterocycles. The minimum Gasteiger partial charge on any atom is -0.326 e. The first kappa shape index (κ1) is 34.8. The summed E-state index contributed by atoms with van der Waals surface area (Å²) in [5.74, 6) is 0.00153. The zero-order chi connectivity index (χ0) is 28.9. The SMILES string of the molecule is CCCCCCCCCCCCCCCCCCCCCC(=O)Nc1ccc(S(=O)(=O)N2CCN(C)CC2)cc1. The largest absolute Gasteiger partial charge is 0.326 e. The molecule has 0 atom stereocenters. The van der Waals surface area contributed by atoms with Crippen molar-refractivity contribution in [2.45, 2.75) is 140 Å². The Balaban J connectivity index is 1.40. The molecule has 1 N–H and O–H groups in total. The average Bonchev–Trinajstić information content (AvgIpc) is 2.95. The molecule has 0 radical (unpaired) electrons. The van der Waals surface area contributed by atoms with E-state index in [9.17, 15) is 13.2 Å². The van der Waals surface area contributed by atoms with Crippen LogP contribution in [0.4, 0.5) is 5.69 Å². The number of rotatable bonds is 23. The minimum absolute atomic E-state index is 0.00153. The highest BCUT2D eigenvalue weighted by Gasteiger charge is 2.27. The summed E-state index contributed by atoms with van der Waals surface area (Å²) in [6.45, 7) is 4.79. The summed E-state index contributed by atoms with van der Waals surface area (Å²) >= 11 is 0. The van der Waals surface area contributed by atoms with E-state index in [-0.39, 0.29) is 10.8 Å². The predicted molar refractivity (Wildman–Crippen MR) is 169 cm³/mol. The smallest absolute Gasteiger partial charge is 0.243 e. The summed E-state index contributed by atoms with van der Waals surface area (Å²) in [4.78, 5) is 14.7. The number of amides is 1. The van der Waals surface area contributed by atoms with Gasteiger partial charge in [0.1, 0.15) is 0 Å². The highest BCUT2D eigenvalue weighted by atomic mass is 32.2. The van der Waals surface area contributed by atoms with Crippen LogP contribution < -0.4 is 5.32 Å². The van der Waals surface area contributed by atoms with Gasteiger partial charge in [-0.25, -0.2) is 8.42 Å². The monoisotopic (exact) mass is 577 g/mol. The van der Waals surface area contributed by atoms with Crippen LogP contribution in [-0.2, 0) is 14.8 Å². The highest BCUT2D eigenvalue weighted by molar-refractivity contribution is 7.89. The number of unbranched alkanes of at least 4 members (excludes halogenated alkanes) is 18. The molecule has 1 aliphatic heterocycles. The number of sulfonamides is 1. The van der Waals surface area contributed by atoms with Crippen LogP contribution in [0.5, 0.6) is 0 Å². The molecular formula is C33H59N3O3S. The van der Waals surface area contributed by atoms with Crippen molar-refractivity contribution >= 4 is 21.6 Å². The molecule has 40 heavy (non-hydrogen) atoms. The third-order valence-electron chi connectivity index (χ3n) is 8.25. The third-order valence-corrected chi connectivity index (χ3v) is 10.2. The number of hydrogen-bond donors (Lipinski definition) is 1. The molecule has 0 saturated carbocycles. The van der Waals surface area contributed by atoms with E-state index < -0.39 is 10.0 Å². The van der Waals surface area contributed by atoms with Gasteiger partial charge in [-0.3, -0.25) is 4.79 Å². The van der Waals surface area contributed by atoms with Crippen molar-refractivity contribution in [3.63, 3.8) is 0 Å². The lowest BCUT2D eigenvalue weighted by molar-refractivity contribution is -0.116. The fraction of sp³-hybridized carbons (Fsp3) is 0.788. The van der Waals surface area contributed by atoms with E-state index in [1.165, 1.54) is 109 Å². The zero-order valence-electron chi connectivity index (χ0n) is 25.8. The summed E-state index contributed by atoms with van der Waals surface area (Å²) in [6, 6.07) is 6.58. The van der Waals surface area contributed by atoms with Crippen LogP contribution in [0.1, 0.15) is 135 Å². The van der Waals surface area contributed by atoms with Gasteiger partial charge < -0.3 is 10.2 Å². The van der Waals surface area contributed by atoms with Gasteiger partial charge in [0.05, 0.1) is 4.90 Å². The molecule has 7 heteroatoms. The Hall–Kier alpha value is -1.44. The van der Waals surface area contributed by atoms with E-state index in [1.54, 1.807) is 28.6 Å². The molecule has 6 nitrogen and oxygen atoms in total. The van der Waals surface area contributed by atoms with Gasteiger partial charge in [-0.1, -0.05) is 122 Å². The number of nitrogens with zero attached hydrogens (tertiary/aromatic N) is 2. The van der Waals surface area contributed by atoms with E-state index in [2.05, 4.69) is 17.1 Å². The normalized spacial score (nSPS) is 14.9. The van der Waals surface area contributed by atoms with E-state index in [0.717, 1.165) is 25.9 Å². The van der Waals surface area contributed by atoms with Crippen molar-refractivity contribution in [2.75, 3.05) is 38.5 Å². The highest BCUT2D eigenvalue weighted by Crippen LogP contribution is 2.20. The first-order valence-electron chi connectivity index (χ1n) is 16.5. The Morgan fingerprint density at radius 3 is 1.48 bits per heavy atom. The van der Waals surface area contributed by atoms with Crippen LogP contribution in [0.25, 0.3) is 0 Å². The van der Waals surface area contributed by atoms with Crippen molar-refractivity contribution < 1.29 is 13.2 Å². The van der Waals surface area contributed by atoms with Gasteiger partial charge in [0.15, 0.2) is 0 Å². The van der Waals surface area contributed by atoms with Crippen LogP contribution in [-0.4, -0.2) is 56.8 Å². The second kappa shape index (κ2) is 21.3. The molecule has 0 aliphatic carbocycles. The zero-order valence-corrected chi connectivity index (χ0v) is 26.6. The lowest BCUT2D eigenvalue weighted by Gasteiger charge is -2.31. The maximum absolute atomic E-state index is 12.8. The summed E-state index contributed by atoms with van der Waals surface area (Å²) in [6.07, 6.45) is 26.0. The Labute approximate surface area is 246 Å². The summed E-state index contributed by atoms with van der Waals surface area (Å²) in [5, 5.41) is 2.91. The number of hydrogen-bond acceptors (Lipinski definition) is 4. The van der Waals surface area contributed by atoms with E-state index in [1.807, 2.05) is 7.05 Å². The van der Waals surface area contributed by atoms with Gasteiger partial charge in [0.25, 0.3) is 0 Å². The van der Waals surface area contributed by atoms with Crippen LogP contribution in [0, 0.1) is 0 Å². The molecule has 1 heterocycles. The second-order valence-corrected chi connectivity index (χ2v) is 13.8. The number of carbonyl (C=O) groups is 1. The molecule has 1 aromatic rings. The van der Waals surface area contributed by atoms with Crippen LogP contribution in [0.15, 0.2) is 29.2 Å². The number of piperazine rings is 1. The Morgan fingerprint density at radius 2 is 1.05 bits per heavy atom. The molecule has 0 bridgehead atoms. The summed E-state index contributed by atoms with van der Waals surface area (Å²) in [5.41, 5.74) is 0.653. The molecule has 0 spiro atoms. The standard InChI is InChI=1S/C33H59N3O3S/c1-3-4-5-6-7-8-9-10-11-12-13-14-15-16-17-18-19-20-21-22-33(37)34-31-23-25-32(26-24-31)40(38,39)36-29-27-35(2)28-30-36/h23-26H,3-22,27-30H2,1-2H3,(H,34,37). The van der Waals surface area contributed by atoms with Gasteiger partial charge in [-0.15, -0.1) is 0 Å². The van der Waals surface area contributed by atoms with Crippen molar-refractivity contribution in [1.29, 1.82) is 0 Å². The molecule has 1 aromatic carbocycles. The van der Waals surface area contributed by atoms with Crippen LogP contribution >= 0.6 is 0 Å². The van der Waals surface area contributed by atoms with E-state index in [4.69, 9.17) is 0 Å². The van der Waals surface area contributed by atoms with Crippen molar-refractivity contribution in [3.05, 3.63) is 24.3 Å². The Morgan fingerprint density at radius 1 is 0.650 bits per heavy atom. The predicted octanol–water partition coefficient (Wildman–Crippen LogP) is 8.38. The van der Waals surface area contributed by atoms with Gasteiger partial charge >= 0.3 is 0 Å². The average molecular weight is 578 g/mol. The topological polar surface area (TPSA) is 69.7 Å². The third kappa shape index (κ3) is 15.0. The minimum atomic E-state index is -3.48. The summed E-state index contributed by atoms with van der Waals surface area (Å²) in [7, 11) is -1.47. The second-order valence-electron chi connectivity index (χ2n) is 11.9. The molecule has 1 aliphatic rings. The summed E-state index contributed by atoms with van der Waals surface area (Å²) < 4.78 is 27.2. The molecule has 1 fully saturated rings. The van der Waals surface area contributed by atoms with E-state index in [0.29, 0.717) is 25.2 Å².